The molecule has 138 valence electrons. The number of anilines is 1. The van der Waals surface area contributed by atoms with Gasteiger partial charge in [0.05, 0.1) is 14.2 Å². The monoisotopic (exact) mass is 348 g/mol. The zero-order valence-corrected chi connectivity index (χ0v) is 16.0. The second-order valence-corrected chi connectivity index (χ2v) is 7.53. The molecule has 2 rings (SSSR count). The second kappa shape index (κ2) is 7.33. The maximum absolute atomic E-state index is 12.8. The summed E-state index contributed by atoms with van der Waals surface area (Å²) in [6.07, 6.45) is 0.432. The maximum atomic E-state index is 12.8. The molecular formula is C19H28N2O4. The van der Waals surface area contributed by atoms with E-state index in [1.165, 1.54) is 0 Å². The lowest BCUT2D eigenvalue weighted by Gasteiger charge is -2.40. The van der Waals surface area contributed by atoms with Crippen LogP contribution in [0.4, 0.5) is 5.69 Å². The van der Waals surface area contributed by atoms with Crippen molar-refractivity contribution >= 4 is 17.5 Å². The van der Waals surface area contributed by atoms with Gasteiger partial charge in [0, 0.05) is 31.3 Å². The first-order valence-electron chi connectivity index (χ1n) is 8.51. The van der Waals surface area contributed by atoms with Gasteiger partial charge in [0.25, 0.3) is 0 Å². The van der Waals surface area contributed by atoms with Crippen LogP contribution in [0.1, 0.15) is 34.1 Å². The molecule has 1 aromatic carbocycles. The molecule has 1 atom stereocenters. The van der Waals surface area contributed by atoms with Gasteiger partial charge in [0.2, 0.25) is 11.8 Å². The van der Waals surface area contributed by atoms with Gasteiger partial charge in [-0.3, -0.25) is 9.59 Å². The van der Waals surface area contributed by atoms with Crippen molar-refractivity contribution in [3.8, 4) is 11.5 Å². The summed E-state index contributed by atoms with van der Waals surface area (Å²) in [5.74, 6) is 1.14. The second-order valence-electron chi connectivity index (χ2n) is 7.53. The number of amides is 2. The number of piperazine rings is 1. The number of ether oxygens (including phenoxy) is 2. The fraction of sp³-hybridized carbons (Fsp3) is 0.579. The summed E-state index contributed by atoms with van der Waals surface area (Å²) < 4.78 is 10.6. The average molecular weight is 348 g/mol. The van der Waals surface area contributed by atoms with Crippen LogP contribution in [0.15, 0.2) is 18.2 Å². The summed E-state index contributed by atoms with van der Waals surface area (Å²) in [4.78, 5) is 28.7. The molecule has 1 unspecified atom stereocenters. The van der Waals surface area contributed by atoms with Gasteiger partial charge in [-0.2, -0.15) is 0 Å². The Balaban J connectivity index is 2.18. The van der Waals surface area contributed by atoms with Gasteiger partial charge in [-0.15, -0.1) is 0 Å². The summed E-state index contributed by atoms with van der Waals surface area (Å²) in [5, 5.41) is 0. The molecule has 0 bridgehead atoms. The van der Waals surface area contributed by atoms with Gasteiger partial charge in [0.1, 0.15) is 6.04 Å². The molecule has 6 heteroatoms. The summed E-state index contributed by atoms with van der Waals surface area (Å²) in [6.45, 7) is 8.85. The van der Waals surface area contributed by atoms with E-state index in [0.29, 0.717) is 31.0 Å². The van der Waals surface area contributed by atoms with Crippen molar-refractivity contribution < 1.29 is 19.1 Å². The van der Waals surface area contributed by atoms with E-state index >= 15 is 0 Å². The third-order valence-electron chi connectivity index (χ3n) is 4.34. The topological polar surface area (TPSA) is 59.1 Å². The van der Waals surface area contributed by atoms with Gasteiger partial charge in [-0.1, -0.05) is 20.8 Å². The van der Waals surface area contributed by atoms with Crippen molar-refractivity contribution in [3.63, 3.8) is 0 Å². The first-order chi connectivity index (χ1) is 11.7. The predicted octanol–water partition coefficient (Wildman–Crippen LogP) is 2.70. The molecule has 6 nitrogen and oxygen atoms in total. The molecule has 1 aromatic rings. The molecule has 25 heavy (non-hydrogen) atoms. The molecule has 1 heterocycles. The van der Waals surface area contributed by atoms with Crippen LogP contribution < -0.4 is 14.4 Å². The van der Waals surface area contributed by atoms with E-state index in [1.807, 2.05) is 26.8 Å². The van der Waals surface area contributed by atoms with Gasteiger partial charge in [0.15, 0.2) is 11.5 Å². The first-order valence-corrected chi connectivity index (χ1v) is 8.51. The smallest absolute Gasteiger partial charge is 0.249 e. The van der Waals surface area contributed by atoms with Crippen molar-refractivity contribution in [2.24, 2.45) is 5.41 Å². The summed E-state index contributed by atoms with van der Waals surface area (Å²) in [7, 11) is 3.14. The molecule has 0 aromatic heterocycles. The van der Waals surface area contributed by atoms with Crippen LogP contribution >= 0.6 is 0 Å². The molecule has 1 saturated heterocycles. The quantitative estimate of drug-likeness (QED) is 0.839. The Morgan fingerprint density at radius 3 is 2.36 bits per heavy atom. The molecule has 1 aliphatic rings. The maximum Gasteiger partial charge on any atom is 0.249 e. The highest BCUT2D eigenvalue weighted by Crippen LogP contribution is 2.33. The first kappa shape index (κ1) is 19.1. The minimum absolute atomic E-state index is 0.0281. The number of benzene rings is 1. The standard InChI is InChI=1S/C19H28N2O4/c1-13-18(23)21(10-9-20(13)17(22)12-19(2,3)4)14-7-8-15(24-5)16(11-14)25-6/h7-8,11,13H,9-10,12H2,1-6H3. The van der Waals surface area contributed by atoms with E-state index in [2.05, 4.69) is 0 Å². The van der Waals surface area contributed by atoms with E-state index in [9.17, 15) is 9.59 Å². The molecule has 2 amide bonds. The highest BCUT2D eigenvalue weighted by molar-refractivity contribution is 6.00. The molecule has 0 aliphatic carbocycles. The number of carbonyl (C=O) groups excluding carboxylic acids is 2. The Hall–Kier alpha value is -2.24. The third-order valence-corrected chi connectivity index (χ3v) is 4.34. The summed E-state index contributed by atoms with van der Waals surface area (Å²) >= 11 is 0. The summed E-state index contributed by atoms with van der Waals surface area (Å²) in [6, 6.07) is 4.93. The fourth-order valence-corrected chi connectivity index (χ4v) is 3.02. The Kier molecular flexibility index (Phi) is 5.60. The van der Waals surface area contributed by atoms with E-state index in [4.69, 9.17) is 9.47 Å². The van der Waals surface area contributed by atoms with Gasteiger partial charge in [-0.25, -0.2) is 0 Å². The predicted molar refractivity (Wildman–Crippen MR) is 97.1 cm³/mol. The normalized spacial score (nSPS) is 18.3. The van der Waals surface area contributed by atoms with Crippen molar-refractivity contribution in [2.45, 2.75) is 40.2 Å². The van der Waals surface area contributed by atoms with E-state index in [1.54, 1.807) is 43.1 Å². The van der Waals surface area contributed by atoms with Crippen LogP contribution in [0.5, 0.6) is 11.5 Å². The minimum Gasteiger partial charge on any atom is -0.493 e. The molecule has 0 N–H and O–H groups in total. The van der Waals surface area contributed by atoms with Crippen LogP contribution in [-0.4, -0.2) is 50.1 Å². The molecular weight excluding hydrogens is 320 g/mol. The SMILES string of the molecule is COc1ccc(N2CCN(C(=O)CC(C)(C)C)C(C)C2=O)cc1OC. The lowest BCUT2D eigenvalue weighted by molar-refractivity contribution is -0.142. The van der Waals surface area contributed by atoms with E-state index in [0.717, 1.165) is 5.69 Å². The summed E-state index contributed by atoms with van der Waals surface area (Å²) in [5.41, 5.74) is 0.651. The highest BCUT2D eigenvalue weighted by atomic mass is 16.5. The van der Waals surface area contributed by atoms with Crippen molar-refractivity contribution in [2.75, 3.05) is 32.2 Å². The van der Waals surface area contributed by atoms with Crippen molar-refractivity contribution in [3.05, 3.63) is 18.2 Å². The van der Waals surface area contributed by atoms with Gasteiger partial charge >= 0.3 is 0 Å². The number of hydrogen-bond acceptors (Lipinski definition) is 4. The average Bonchev–Trinajstić information content (AvgIpc) is 2.55. The van der Waals surface area contributed by atoms with Gasteiger partial charge < -0.3 is 19.3 Å². The van der Waals surface area contributed by atoms with Crippen molar-refractivity contribution in [1.29, 1.82) is 0 Å². The van der Waals surface area contributed by atoms with Crippen LogP contribution in [0, 0.1) is 5.41 Å². The lowest BCUT2D eigenvalue weighted by Crippen LogP contribution is -2.58. The Labute approximate surface area is 149 Å². The minimum atomic E-state index is -0.475. The Morgan fingerprint density at radius 1 is 1.16 bits per heavy atom. The van der Waals surface area contributed by atoms with Crippen LogP contribution in [0.3, 0.4) is 0 Å². The number of hydrogen-bond donors (Lipinski definition) is 0. The third kappa shape index (κ3) is 4.24. The van der Waals surface area contributed by atoms with E-state index < -0.39 is 6.04 Å². The van der Waals surface area contributed by atoms with Crippen molar-refractivity contribution in [1.82, 2.24) is 4.90 Å². The molecule has 0 radical (unpaired) electrons. The molecule has 1 aliphatic heterocycles. The lowest BCUT2D eigenvalue weighted by atomic mass is 9.91. The molecule has 0 saturated carbocycles. The largest absolute Gasteiger partial charge is 0.493 e. The van der Waals surface area contributed by atoms with Crippen LogP contribution in [-0.2, 0) is 9.59 Å². The van der Waals surface area contributed by atoms with Crippen LogP contribution in [0.25, 0.3) is 0 Å². The number of nitrogens with zero attached hydrogens (tertiary/aromatic N) is 2. The number of methoxy groups -OCH3 is 2. The Morgan fingerprint density at radius 2 is 1.80 bits per heavy atom. The Bertz CT molecular complexity index is 651. The fourth-order valence-electron chi connectivity index (χ4n) is 3.02. The molecule has 1 fully saturated rings. The van der Waals surface area contributed by atoms with E-state index in [-0.39, 0.29) is 17.2 Å². The van der Waals surface area contributed by atoms with Crippen LogP contribution in [0.2, 0.25) is 0 Å². The molecule has 0 spiro atoms. The highest BCUT2D eigenvalue weighted by Gasteiger charge is 2.36. The number of carbonyl (C=O) groups is 2. The zero-order chi connectivity index (χ0) is 18.8. The number of rotatable bonds is 4. The zero-order valence-electron chi connectivity index (χ0n) is 16.0. The van der Waals surface area contributed by atoms with Gasteiger partial charge in [-0.05, 0) is 24.5 Å².